The number of hydrogen-bond donors (Lipinski definition) is 1. The quantitative estimate of drug-likeness (QED) is 0.908. The van der Waals surface area contributed by atoms with Crippen LogP contribution in [0, 0.1) is 5.82 Å². The second-order valence-corrected chi connectivity index (χ2v) is 7.97. The minimum atomic E-state index is -2.97. The van der Waals surface area contributed by atoms with Crippen molar-refractivity contribution in [1.82, 2.24) is 10.3 Å². The van der Waals surface area contributed by atoms with Crippen LogP contribution in [0.25, 0.3) is 0 Å². The summed E-state index contributed by atoms with van der Waals surface area (Å²) in [6, 6.07) is 1.75. The highest BCUT2D eigenvalue weighted by Crippen LogP contribution is 2.21. The fourth-order valence-corrected chi connectivity index (χ4v) is 3.62. The largest absolute Gasteiger partial charge is 0.355 e. The van der Waals surface area contributed by atoms with E-state index in [1.54, 1.807) is 0 Å². The molecule has 1 aliphatic rings. The molecule has 1 fully saturated rings. The van der Waals surface area contributed by atoms with E-state index < -0.39 is 9.84 Å². The first-order valence-corrected chi connectivity index (χ1v) is 9.03. The SMILES string of the molecule is CC(C)NCc1cc(F)cnc1N1CCCS(=O)(=O)CC1. The van der Waals surface area contributed by atoms with Gasteiger partial charge >= 0.3 is 0 Å². The first-order chi connectivity index (χ1) is 9.87. The number of aromatic nitrogens is 1. The molecule has 21 heavy (non-hydrogen) atoms. The lowest BCUT2D eigenvalue weighted by Gasteiger charge is -2.24. The molecule has 7 heteroatoms. The van der Waals surface area contributed by atoms with E-state index in [-0.39, 0.29) is 23.4 Å². The lowest BCUT2D eigenvalue weighted by Crippen LogP contribution is -2.30. The summed E-state index contributed by atoms with van der Waals surface area (Å²) in [5, 5.41) is 3.25. The molecule has 2 rings (SSSR count). The van der Waals surface area contributed by atoms with Crippen LogP contribution < -0.4 is 10.2 Å². The number of halogens is 1. The Morgan fingerprint density at radius 3 is 2.86 bits per heavy atom. The van der Waals surface area contributed by atoms with Gasteiger partial charge < -0.3 is 10.2 Å². The second kappa shape index (κ2) is 6.70. The van der Waals surface area contributed by atoms with E-state index in [1.807, 2.05) is 18.7 Å². The summed E-state index contributed by atoms with van der Waals surface area (Å²) in [6.45, 7) is 5.60. The van der Waals surface area contributed by atoms with Gasteiger partial charge in [-0.3, -0.25) is 0 Å². The van der Waals surface area contributed by atoms with Crippen LogP contribution in [0.3, 0.4) is 0 Å². The number of sulfone groups is 1. The fourth-order valence-electron chi connectivity index (χ4n) is 2.35. The van der Waals surface area contributed by atoms with E-state index in [4.69, 9.17) is 0 Å². The van der Waals surface area contributed by atoms with E-state index >= 15 is 0 Å². The Morgan fingerprint density at radius 2 is 2.14 bits per heavy atom. The Labute approximate surface area is 125 Å². The van der Waals surface area contributed by atoms with Crippen LogP contribution in [0.5, 0.6) is 0 Å². The van der Waals surface area contributed by atoms with Gasteiger partial charge in [-0.1, -0.05) is 13.8 Å². The maximum absolute atomic E-state index is 13.4. The van der Waals surface area contributed by atoms with Crippen molar-refractivity contribution in [2.45, 2.75) is 32.9 Å². The number of nitrogens with zero attached hydrogens (tertiary/aromatic N) is 2. The Morgan fingerprint density at radius 1 is 1.38 bits per heavy atom. The van der Waals surface area contributed by atoms with E-state index in [1.165, 1.54) is 12.3 Å². The fraction of sp³-hybridized carbons (Fsp3) is 0.643. The van der Waals surface area contributed by atoms with Crippen LogP contribution >= 0.6 is 0 Å². The first kappa shape index (κ1) is 16.2. The summed E-state index contributed by atoms with van der Waals surface area (Å²) in [7, 11) is -2.97. The average molecular weight is 315 g/mol. The number of pyridine rings is 1. The summed E-state index contributed by atoms with van der Waals surface area (Å²) in [5.41, 5.74) is 0.767. The topological polar surface area (TPSA) is 62.3 Å². The Kier molecular flexibility index (Phi) is 5.16. The van der Waals surface area contributed by atoms with Crippen LogP contribution in [-0.4, -0.2) is 44.0 Å². The van der Waals surface area contributed by atoms with Gasteiger partial charge in [-0.25, -0.2) is 17.8 Å². The molecule has 0 unspecified atom stereocenters. The van der Waals surface area contributed by atoms with Crippen LogP contribution in [0.2, 0.25) is 0 Å². The van der Waals surface area contributed by atoms with Crippen molar-refractivity contribution < 1.29 is 12.8 Å². The molecule has 0 saturated carbocycles. The van der Waals surface area contributed by atoms with Crippen molar-refractivity contribution in [2.75, 3.05) is 29.5 Å². The van der Waals surface area contributed by atoms with E-state index in [2.05, 4.69) is 10.3 Å². The predicted octanol–water partition coefficient (Wildman–Crippen LogP) is 1.34. The standard InChI is InChI=1S/C14H22FN3O2S/c1-11(2)16-9-12-8-13(15)10-17-14(12)18-4-3-6-21(19,20)7-5-18/h8,10-11,16H,3-7,9H2,1-2H3. The average Bonchev–Trinajstić information content (AvgIpc) is 2.57. The highest BCUT2D eigenvalue weighted by molar-refractivity contribution is 7.91. The normalized spacial score (nSPS) is 18.8. The van der Waals surface area contributed by atoms with Crippen LogP contribution in [0.1, 0.15) is 25.8 Å². The molecule has 0 atom stereocenters. The maximum atomic E-state index is 13.4. The number of anilines is 1. The molecule has 1 aromatic heterocycles. The van der Waals surface area contributed by atoms with Gasteiger partial charge in [-0.2, -0.15) is 0 Å². The van der Waals surface area contributed by atoms with Crippen LogP contribution in [-0.2, 0) is 16.4 Å². The van der Waals surface area contributed by atoms with Gasteiger partial charge in [0.1, 0.15) is 11.6 Å². The van der Waals surface area contributed by atoms with Crippen molar-refractivity contribution in [3.05, 3.63) is 23.6 Å². The summed E-state index contributed by atoms with van der Waals surface area (Å²) in [6.07, 6.45) is 1.77. The van der Waals surface area contributed by atoms with Crippen molar-refractivity contribution in [2.24, 2.45) is 0 Å². The predicted molar refractivity (Wildman–Crippen MR) is 81.7 cm³/mol. The first-order valence-electron chi connectivity index (χ1n) is 7.20. The van der Waals surface area contributed by atoms with Gasteiger partial charge in [-0.05, 0) is 12.5 Å². The van der Waals surface area contributed by atoms with E-state index in [9.17, 15) is 12.8 Å². The Balaban J connectivity index is 2.21. The van der Waals surface area contributed by atoms with Crippen molar-refractivity contribution in [3.63, 3.8) is 0 Å². The molecule has 1 aliphatic heterocycles. The molecular formula is C14H22FN3O2S. The van der Waals surface area contributed by atoms with Gasteiger partial charge in [0, 0.05) is 31.2 Å². The molecule has 0 aliphatic carbocycles. The van der Waals surface area contributed by atoms with Crippen molar-refractivity contribution in [3.8, 4) is 0 Å². The minimum absolute atomic E-state index is 0.128. The van der Waals surface area contributed by atoms with Gasteiger partial charge in [0.15, 0.2) is 9.84 Å². The Hall–Kier alpha value is -1.21. The lowest BCUT2D eigenvalue weighted by molar-refractivity contribution is 0.576. The smallest absolute Gasteiger partial charge is 0.152 e. The zero-order chi connectivity index (χ0) is 15.5. The molecule has 1 aromatic rings. The van der Waals surface area contributed by atoms with Crippen LogP contribution in [0.4, 0.5) is 10.2 Å². The van der Waals surface area contributed by atoms with Gasteiger partial charge in [-0.15, -0.1) is 0 Å². The molecule has 0 aromatic carbocycles. The Bertz CT molecular complexity index is 590. The monoisotopic (exact) mass is 315 g/mol. The van der Waals surface area contributed by atoms with E-state index in [0.717, 1.165) is 5.56 Å². The number of rotatable bonds is 4. The van der Waals surface area contributed by atoms with Gasteiger partial charge in [0.2, 0.25) is 0 Å². The van der Waals surface area contributed by atoms with Gasteiger partial charge in [0.05, 0.1) is 17.7 Å². The zero-order valence-electron chi connectivity index (χ0n) is 12.5. The molecule has 2 heterocycles. The molecule has 1 N–H and O–H groups in total. The summed E-state index contributed by atoms with van der Waals surface area (Å²) >= 11 is 0. The number of hydrogen-bond acceptors (Lipinski definition) is 5. The highest BCUT2D eigenvalue weighted by Gasteiger charge is 2.22. The summed E-state index contributed by atoms with van der Waals surface area (Å²) in [4.78, 5) is 6.13. The minimum Gasteiger partial charge on any atom is -0.355 e. The van der Waals surface area contributed by atoms with Crippen molar-refractivity contribution >= 4 is 15.7 Å². The van der Waals surface area contributed by atoms with E-state index in [0.29, 0.717) is 31.9 Å². The maximum Gasteiger partial charge on any atom is 0.152 e. The molecule has 0 amide bonds. The third kappa shape index (κ3) is 4.64. The molecule has 118 valence electrons. The second-order valence-electron chi connectivity index (χ2n) is 5.66. The summed E-state index contributed by atoms with van der Waals surface area (Å²) in [5.74, 6) is 0.649. The number of nitrogens with one attached hydrogen (secondary N) is 1. The third-order valence-corrected chi connectivity index (χ3v) is 5.18. The molecular weight excluding hydrogens is 293 g/mol. The van der Waals surface area contributed by atoms with Crippen molar-refractivity contribution in [1.29, 1.82) is 0 Å². The van der Waals surface area contributed by atoms with Gasteiger partial charge in [0.25, 0.3) is 0 Å². The summed E-state index contributed by atoms with van der Waals surface area (Å²) < 4.78 is 36.8. The molecule has 0 radical (unpaired) electrons. The zero-order valence-corrected chi connectivity index (χ0v) is 13.3. The highest BCUT2D eigenvalue weighted by atomic mass is 32.2. The third-order valence-electron chi connectivity index (χ3n) is 3.47. The molecule has 0 bridgehead atoms. The molecule has 5 nitrogen and oxygen atoms in total. The molecule has 0 spiro atoms. The lowest BCUT2D eigenvalue weighted by atomic mass is 10.2. The van der Waals surface area contributed by atoms with Crippen LogP contribution in [0.15, 0.2) is 12.3 Å². The molecule has 1 saturated heterocycles.